The average molecular weight is 218 g/mol. The van der Waals surface area contributed by atoms with Gasteiger partial charge < -0.3 is 0 Å². The summed E-state index contributed by atoms with van der Waals surface area (Å²) in [6, 6.07) is 0. The lowest BCUT2D eigenvalue weighted by molar-refractivity contribution is 0.426. The van der Waals surface area contributed by atoms with Crippen molar-refractivity contribution >= 4 is 10.0 Å². The van der Waals surface area contributed by atoms with E-state index in [1.165, 1.54) is 44.8 Å². The molecule has 0 heterocycles. The van der Waals surface area contributed by atoms with Crippen LogP contribution in [0.4, 0.5) is 0 Å². The zero-order valence-electron chi connectivity index (χ0n) is 8.91. The Balaban J connectivity index is 2.16. The minimum atomic E-state index is -3.11. The minimum Gasteiger partial charge on any atom is -0.211 e. The molecule has 0 atom stereocenters. The molecule has 0 unspecified atom stereocenters. The van der Waals surface area contributed by atoms with Crippen molar-refractivity contribution in [3.05, 3.63) is 0 Å². The molecule has 83 valence electrons. The molecule has 0 aliphatic heterocycles. The first kappa shape index (κ1) is 12.0. The van der Waals surface area contributed by atoms with Gasteiger partial charge >= 0.3 is 0 Å². The first-order valence-electron chi connectivity index (χ1n) is 5.47. The van der Waals surface area contributed by atoms with Crippen LogP contribution < -0.4 is 4.72 Å². The highest BCUT2D eigenvalue weighted by Crippen LogP contribution is 2.24. The monoisotopic (exact) mass is 218 g/mol. The van der Waals surface area contributed by atoms with E-state index in [1.54, 1.807) is 0 Å². The minimum absolute atomic E-state index is 0.490. The molecule has 3 nitrogen and oxygen atoms in total. The third kappa shape index (κ3) is 5.60. The number of nitrogens with zero attached hydrogens (tertiary/aromatic N) is 1. The predicted octanol–water partition coefficient (Wildman–Crippen LogP) is 1.91. The summed E-state index contributed by atoms with van der Waals surface area (Å²) in [5, 5.41) is 0. The maximum absolute atomic E-state index is 10.8. The van der Waals surface area contributed by atoms with Crippen LogP contribution in [-0.4, -0.2) is 21.2 Å². The summed E-state index contributed by atoms with van der Waals surface area (Å²) < 4.78 is 25.2. The van der Waals surface area contributed by atoms with Gasteiger partial charge in [-0.3, -0.25) is 0 Å². The van der Waals surface area contributed by atoms with Gasteiger partial charge in [0.15, 0.2) is 0 Å². The Morgan fingerprint density at radius 1 is 1.14 bits per heavy atom. The second-order valence-electron chi connectivity index (χ2n) is 4.23. The van der Waals surface area contributed by atoms with Crippen LogP contribution in [0.1, 0.15) is 44.9 Å². The standard InChI is InChI=1S/C10H20NO2S/c1-14(12,13)11-9-8-10-6-4-2-3-5-7-10/h10H,2-9H2,1H3. The Hall–Kier alpha value is -0.0900. The van der Waals surface area contributed by atoms with E-state index in [9.17, 15) is 8.42 Å². The molecule has 0 saturated heterocycles. The smallest absolute Gasteiger partial charge is 0.211 e. The van der Waals surface area contributed by atoms with E-state index >= 15 is 0 Å². The van der Waals surface area contributed by atoms with Gasteiger partial charge in [-0.05, 0) is 12.3 Å². The SMILES string of the molecule is CS(=O)(=O)[N]CCC1CCCCCC1. The number of sulfonamides is 1. The normalized spacial score (nSPS) is 20.6. The van der Waals surface area contributed by atoms with Crippen molar-refractivity contribution in [1.29, 1.82) is 0 Å². The average Bonchev–Trinajstić information content (AvgIpc) is 2.30. The van der Waals surface area contributed by atoms with E-state index in [1.807, 2.05) is 0 Å². The zero-order valence-corrected chi connectivity index (χ0v) is 9.72. The Morgan fingerprint density at radius 3 is 2.21 bits per heavy atom. The quantitative estimate of drug-likeness (QED) is 0.677. The van der Waals surface area contributed by atoms with Gasteiger partial charge in [0.25, 0.3) is 0 Å². The Bertz CT molecular complexity index is 241. The fourth-order valence-electron chi connectivity index (χ4n) is 2.05. The summed E-state index contributed by atoms with van der Waals surface area (Å²) in [6.45, 7) is 0.490. The highest BCUT2D eigenvalue weighted by molar-refractivity contribution is 7.88. The van der Waals surface area contributed by atoms with E-state index in [0.29, 0.717) is 12.5 Å². The van der Waals surface area contributed by atoms with Crippen LogP contribution >= 0.6 is 0 Å². The lowest BCUT2D eigenvalue weighted by Gasteiger charge is -2.12. The highest BCUT2D eigenvalue weighted by Gasteiger charge is 2.13. The number of rotatable bonds is 4. The van der Waals surface area contributed by atoms with Crippen LogP contribution in [0.5, 0.6) is 0 Å². The van der Waals surface area contributed by atoms with Gasteiger partial charge in [0, 0.05) is 6.54 Å². The van der Waals surface area contributed by atoms with Crippen molar-refractivity contribution in [3.8, 4) is 0 Å². The van der Waals surface area contributed by atoms with E-state index in [2.05, 4.69) is 4.72 Å². The third-order valence-corrected chi connectivity index (χ3v) is 3.49. The molecule has 0 spiro atoms. The second kappa shape index (κ2) is 5.71. The molecule has 1 aliphatic carbocycles. The lowest BCUT2D eigenvalue weighted by atomic mass is 9.97. The predicted molar refractivity (Wildman–Crippen MR) is 57.7 cm³/mol. The van der Waals surface area contributed by atoms with Crippen LogP contribution in [0.3, 0.4) is 0 Å². The molecule has 0 aromatic rings. The number of hydrogen-bond acceptors (Lipinski definition) is 2. The molecule has 1 rings (SSSR count). The van der Waals surface area contributed by atoms with E-state index in [0.717, 1.165) is 6.42 Å². The lowest BCUT2D eigenvalue weighted by Crippen LogP contribution is -2.17. The maximum atomic E-state index is 10.8. The van der Waals surface area contributed by atoms with Crippen molar-refractivity contribution in [3.63, 3.8) is 0 Å². The fraction of sp³-hybridized carbons (Fsp3) is 1.00. The number of hydrogen-bond donors (Lipinski definition) is 0. The molecule has 4 heteroatoms. The summed E-state index contributed by atoms with van der Waals surface area (Å²) in [5.41, 5.74) is 0. The Labute approximate surface area is 87.3 Å². The van der Waals surface area contributed by atoms with Crippen LogP contribution in [0.2, 0.25) is 0 Å². The fourth-order valence-corrected chi connectivity index (χ4v) is 2.49. The third-order valence-electron chi connectivity index (χ3n) is 2.84. The van der Waals surface area contributed by atoms with E-state index < -0.39 is 10.0 Å². The molecule has 0 amide bonds. The summed E-state index contributed by atoms with van der Waals surface area (Å²) >= 11 is 0. The largest absolute Gasteiger partial charge is 0.224 e. The van der Waals surface area contributed by atoms with Gasteiger partial charge in [0.1, 0.15) is 0 Å². The first-order valence-corrected chi connectivity index (χ1v) is 7.31. The zero-order chi connectivity index (χ0) is 10.4. The maximum Gasteiger partial charge on any atom is 0.224 e. The molecular weight excluding hydrogens is 198 g/mol. The van der Waals surface area contributed by atoms with Crippen molar-refractivity contribution in [2.24, 2.45) is 5.92 Å². The van der Waals surface area contributed by atoms with Crippen molar-refractivity contribution < 1.29 is 8.42 Å². The molecule has 1 saturated carbocycles. The molecule has 1 fully saturated rings. The summed E-state index contributed by atoms with van der Waals surface area (Å²) in [5.74, 6) is 0.711. The molecule has 14 heavy (non-hydrogen) atoms. The van der Waals surface area contributed by atoms with E-state index in [4.69, 9.17) is 0 Å². The van der Waals surface area contributed by atoms with Crippen LogP contribution in [0, 0.1) is 5.92 Å². The van der Waals surface area contributed by atoms with Gasteiger partial charge in [0.05, 0.1) is 6.26 Å². The van der Waals surface area contributed by atoms with Gasteiger partial charge in [-0.25, -0.2) is 8.42 Å². The van der Waals surface area contributed by atoms with Crippen LogP contribution in [0.25, 0.3) is 0 Å². The van der Waals surface area contributed by atoms with Crippen molar-refractivity contribution in [2.45, 2.75) is 44.9 Å². The molecule has 0 N–H and O–H groups in total. The van der Waals surface area contributed by atoms with Gasteiger partial charge in [-0.15, -0.1) is 4.72 Å². The molecule has 1 aliphatic rings. The first-order chi connectivity index (χ1) is 6.58. The van der Waals surface area contributed by atoms with Gasteiger partial charge in [-0.1, -0.05) is 38.5 Å². The van der Waals surface area contributed by atoms with Crippen LogP contribution in [-0.2, 0) is 10.0 Å². The van der Waals surface area contributed by atoms with Gasteiger partial charge in [0.2, 0.25) is 10.0 Å². The molecular formula is C10H20NO2S. The van der Waals surface area contributed by atoms with E-state index in [-0.39, 0.29) is 0 Å². The van der Waals surface area contributed by atoms with Crippen LogP contribution in [0.15, 0.2) is 0 Å². The van der Waals surface area contributed by atoms with Gasteiger partial charge in [-0.2, -0.15) is 0 Å². The molecule has 1 radical (unpaired) electrons. The summed E-state index contributed by atoms with van der Waals surface area (Å²) in [7, 11) is -3.11. The topological polar surface area (TPSA) is 48.2 Å². The summed E-state index contributed by atoms with van der Waals surface area (Å²) in [4.78, 5) is 0. The van der Waals surface area contributed by atoms with Crippen molar-refractivity contribution in [2.75, 3.05) is 12.8 Å². The molecule has 0 aromatic carbocycles. The Kier molecular flexibility index (Phi) is 4.89. The second-order valence-corrected chi connectivity index (χ2v) is 5.96. The summed E-state index contributed by atoms with van der Waals surface area (Å²) in [6.07, 6.45) is 9.96. The molecule has 0 aromatic heterocycles. The Morgan fingerprint density at radius 2 is 1.71 bits per heavy atom. The van der Waals surface area contributed by atoms with Crippen molar-refractivity contribution in [1.82, 2.24) is 4.72 Å². The highest BCUT2D eigenvalue weighted by atomic mass is 32.2. The molecule has 0 bridgehead atoms.